The number of rotatable bonds is 7. The van der Waals surface area contributed by atoms with Gasteiger partial charge in [-0.15, -0.1) is 0 Å². The number of halogens is 4. The predicted molar refractivity (Wildman–Crippen MR) is 90.9 cm³/mol. The molecule has 9 nitrogen and oxygen atoms in total. The molecule has 148 valence electrons. The number of nitrogens with one attached hydrogen (secondary N) is 1. The molecular formula is C14H16BrF3N6O3. The third-order valence-electron chi connectivity index (χ3n) is 3.75. The van der Waals surface area contributed by atoms with Gasteiger partial charge in [0.25, 0.3) is 0 Å². The molecular weight excluding hydrogens is 437 g/mol. The Morgan fingerprint density at radius 2 is 1.96 bits per heavy atom. The number of carbonyl (C=O) groups excluding carboxylic acids is 1. The number of carbonyl (C=O) groups is 1. The topological polar surface area (TPSA) is 108 Å². The van der Waals surface area contributed by atoms with E-state index in [0.717, 1.165) is 4.68 Å². The second-order valence-corrected chi connectivity index (χ2v) is 6.49. The Hall–Kier alpha value is -2.44. The van der Waals surface area contributed by atoms with Gasteiger partial charge in [0.05, 0.1) is 40.1 Å². The largest absolute Gasteiger partial charge is 0.436 e. The van der Waals surface area contributed by atoms with Crippen molar-refractivity contribution in [3.63, 3.8) is 0 Å². The monoisotopic (exact) mass is 452 g/mol. The fourth-order valence-corrected chi connectivity index (χ4v) is 2.84. The zero-order valence-electron chi connectivity index (χ0n) is 14.4. The molecule has 13 heteroatoms. The highest BCUT2D eigenvalue weighted by Crippen LogP contribution is 2.35. The molecule has 0 aromatic carbocycles. The van der Waals surface area contributed by atoms with Crippen LogP contribution in [0.2, 0.25) is 0 Å². The number of hydrogen-bond acceptors (Lipinski definition) is 5. The average molecular weight is 453 g/mol. The second-order valence-electron chi connectivity index (χ2n) is 5.69. The lowest BCUT2D eigenvalue weighted by atomic mass is 10.3. The number of alkyl halides is 3. The van der Waals surface area contributed by atoms with Crippen molar-refractivity contribution in [3.8, 4) is 0 Å². The molecule has 0 fully saturated rings. The fourth-order valence-electron chi connectivity index (χ4n) is 2.33. The van der Waals surface area contributed by atoms with Crippen LogP contribution in [0.25, 0.3) is 0 Å². The van der Waals surface area contributed by atoms with E-state index in [1.165, 1.54) is 17.7 Å². The molecule has 27 heavy (non-hydrogen) atoms. The molecule has 0 unspecified atom stereocenters. The highest BCUT2D eigenvalue weighted by atomic mass is 79.9. The van der Waals surface area contributed by atoms with E-state index in [-0.39, 0.29) is 47.9 Å². The summed E-state index contributed by atoms with van der Waals surface area (Å²) >= 11 is 2.87. The van der Waals surface area contributed by atoms with Gasteiger partial charge >= 0.3 is 12.0 Å². The average Bonchev–Trinajstić information content (AvgIpc) is 3.07. The van der Waals surface area contributed by atoms with E-state index >= 15 is 0 Å². The van der Waals surface area contributed by atoms with Crippen LogP contribution in [0.15, 0.2) is 10.5 Å². The SMILES string of the molecule is Cc1cc([N+](=O)[O-])nn1CCNC(=O)CCn1nc(C(F)(F)F)c(Br)c1C. The van der Waals surface area contributed by atoms with Gasteiger partial charge in [-0.3, -0.25) is 9.48 Å². The smallest absolute Gasteiger partial charge is 0.358 e. The van der Waals surface area contributed by atoms with Crippen LogP contribution >= 0.6 is 15.9 Å². The highest BCUT2D eigenvalue weighted by molar-refractivity contribution is 9.10. The zero-order valence-corrected chi connectivity index (χ0v) is 16.0. The van der Waals surface area contributed by atoms with Crippen molar-refractivity contribution in [3.05, 3.63) is 37.7 Å². The van der Waals surface area contributed by atoms with Crippen molar-refractivity contribution < 1.29 is 22.9 Å². The lowest BCUT2D eigenvalue weighted by Crippen LogP contribution is -2.28. The van der Waals surface area contributed by atoms with Crippen molar-refractivity contribution in [2.24, 2.45) is 0 Å². The minimum atomic E-state index is -4.58. The number of amides is 1. The summed E-state index contributed by atoms with van der Waals surface area (Å²) < 4.78 is 40.8. The van der Waals surface area contributed by atoms with Crippen molar-refractivity contribution >= 4 is 27.7 Å². The van der Waals surface area contributed by atoms with Crippen LogP contribution in [0, 0.1) is 24.0 Å². The van der Waals surface area contributed by atoms with Crippen LogP contribution in [-0.4, -0.2) is 36.9 Å². The van der Waals surface area contributed by atoms with Crippen molar-refractivity contribution in [2.75, 3.05) is 6.54 Å². The molecule has 1 amide bonds. The van der Waals surface area contributed by atoms with Crippen molar-refractivity contribution in [1.82, 2.24) is 24.9 Å². The van der Waals surface area contributed by atoms with E-state index in [2.05, 4.69) is 31.4 Å². The number of nitro groups is 1. The number of nitrogens with zero attached hydrogens (tertiary/aromatic N) is 5. The minimum Gasteiger partial charge on any atom is -0.358 e. The highest BCUT2D eigenvalue weighted by Gasteiger charge is 2.37. The third kappa shape index (κ3) is 5.05. The number of aryl methyl sites for hydroxylation is 2. The summed E-state index contributed by atoms with van der Waals surface area (Å²) in [5.74, 6) is -0.659. The Bertz CT molecular complexity index is 861. The van der Waals surface area contributed by atoms with Gasteiger partial charge in [-0.25, -0.2) is 0 Å². The van der Waals surface area contributed by atoms with E-state index in [1.54, 1.807) is 6.92 Å². The van der Waals surface area contributed by atoms with Crippen molar-refractivity contribution in [2.45, 2.75) is 39.5 Å². The first-order chi connectivity index (χ1) is 12.5. The van der Waals surface area contributed by atoms with E-state index in [1.807, 2.05) is 0 Å². The molecule has 0 aliphatic carbocycles. The van der Waals surface area contributed by atoms with Crippen molar-refractivity contribution in [1.29, 1.82) is 0 Å². The van der Waals surface area contributed by atoms with Crippen LogP contribution in [0.5, 0.6) is 0 Å². The molecule has 0 bridgehead atoms. The molecule has 1 N–H and O–H groups in total. The Morgan fingerprint density at radius 1 is 1.30 bits per heavy atom. The predicted octanol–water partition coefficient (Wildman–Crippen LogP) is 2.59. The summed E-state index contributed by atoms with van der Waals surface area (Å²) in [7, 11) is 0. The Balaban J connectivity index is 1.86. The summed E-state index contributed by atoms with van der Waals surface area (Å²) in [4.78, 5) is 21.9. The molecule has 0 radical (unpaired) electrons. The normalized spacial score (nSPS) is 11.6. The Morgan fingerprint density at radius 3 is 2.48 bits per heavy atom. The van der Waals surface area contributed by atoms with Crippen LogP contribution < -0.4 is 5.32 Å². The molecule has 0 saturated carbocycles. The van der Waals surface area contributed by atoms with Gasteiger partial charge in [-0.2, -0.15) is 23.0 Å². The van der Waals surface area contributed by atoms with E-state index in [4.69, 9.17) is 0 Å². The molecule has 0 aliphatic heterocycles. The lowest BCUT2D eigenvalue weighted by Gasteiger charge is -2.06. The Labute approximate surface area is 159 Å². The van der Waals surface area contributed by atoms with Crippen LogP contribution in [0.1, 0.15) is 23.5 Å². The standard InChI is InChI=1S/C14H16BrF3N6O3/c1-8-7-10(24(26)27)20-22(8)6-4-19-11(25)3-5-23-9(2)12(15)13(21-23)14(16,17)18/h7H,3-6H2,1-2H3,(H,19,25). The van der Waals surface area contributed by atoms with Gasteiger partial charge in [0.1, 0.15) is 0 Å². The van der Waals surface area contributed by atoms with Gasteiger partial charge in [-0.05, 0) is 34.7 Å². The van der Waals surface area contributed by atoms with E-state index in [9.17, 15) is 28.1 Å². The van der Waals surface area contributed by atoms with E-state index < -0.39 is 16.8 Å². The van der Waals surface area contributed by atoms with Gasteiger partial charge in [0.2, 0.25) is 5.91 Å². The quantitative estimate of drug-likeness (QED) is 0.512. The molecule has 0 spiro atoms. The van der Waals surface area contributed by atoms with Gasteiger partial charge in [0, 0.05) is 13.0 Å². The van der Waals surface area contributed by atoms with Gasteiger partial charge in [-0.1, -0.05) is 0 Å². The van der Waals surface area contributed by atoms with Gasteiger partial charge < -0.3 is 15.4 Å². The summed E-state index contributed by atoms with van der Waals surface area (Å²) in [6.45, 7) is 3.51. The maximum atomic E-state index is 12.8. The first kappa shape index (κ1) is 20.9. The summed E-state index contributed by atoms with van der Waals surface area (Å²) in [5, 5.41) is 20.5. The molecule has 0 aliphatic rings. The molecule has 2 aromatic rings. The second kappa shape index (κ2) is 8.06. The molecule has 2 aromatic heterocycles. The molecule has 0 atom stereocenters. The van der Waals surface area contributed by atoms with Crippen LogP contribution in [-0.2, 0) is 24.1 Å². The fraction of sp³-hybridized carbons (Fsp3) is 0.500. The molecule has 2 heterocycles. The zero-order chi connectivity index (χ0) is 20.4. The summed E-state index contributed by atoms with van der Waals surface area (Å²) in [5.41, 5.74) is -0.182. The maximum absolute atomic E-state index is 12.8. The minimum absolute atomic E-state index is 0.0153. The molecule has 2 rings (SSSR count). The maximum Gasteiger partial charge on any atom is 0.436 e. The van der Waals surface area contributed by atoms with Crippen LogP contribution in [0.4, 0.5) is 19.0 Å². The van der Waals surface area contributed by atoms with Gasteiger partial charge in [0.15, 0.2) is 5.69 Å². The Kier molecular flexibility index (Phi) is 6.23. The summed E-state index contributed by atoms with van der Waals surface area (Å²) in [6.07, 6.45) is -4.65. The van der Waals surface area contributed by atoms with Crippen LogP contribution in [0.3, 0.4) is 0 Å². The number of aromatic nitrogens is 4. The molecule has 0 saturated heterocycles. The third-order valence-corrected chi connectivity index (χ3v) is 4.70. The first-order valence-electron chi connectivity index (χ1n) is 7.76. The summed E-state index contributed by atoms with van der Waals surface area (Å²) in [6, 6.07) is 1.32. The first-order valence-corrected chi connectivity index (χ1v) is 8.55. The van der Waals surface area contributed by atoms with E-state index in [0.29, 0.717) is 5.69 Å². The number of hydrogen-bond donors (Lipinski definition) is 1. The lowest BCUT2D eigenvalue weighted by molar-refractivity contribution is -0.389.